The first-order valence-corrected chi connectivity index (χ1v) is 6.44. The highest BCUT2D eigenvalue weighted by molar-refractivity contribution is 9.10. The number of rotatable bonds is 4. The SMILES string of the molecule is COc1cc(Br)cc(NC(=O)C(C)(C)CCl)c1. The number of carbonyl (C=O) groups excluding carboxylic acids is 1. The summed E-state index contributed by atoms with van der Waals surface area (Å²) >= 11 is 9.10. The second kappa shape index (κ2) is 5.74. The van der Waals surface area contributed by atoms with Crippen molar-refractivity contribution < 1.29 is 9.53 Å². The summed E-state index contributed by atoms with van der Waals surface area (Å²) in [6.45, 7) is 3.59. The molecule has 0 saturated heterocycles. The molecule has 17 heavy (non-hydrogen) atoms. The fraction of sp³-hybridized carbons (Fsp3) is 0.417. The Labute approximate surface area is 115 Å². The van der Waals surface area contributed by atoms with Gasteiger partial charge in [0.1, 0.15) is 5.75 Å². The van der Waals surface area contributed by atoms with Crippen molar-refractivity contribution >= 4 is 39.1 Å². The van der Waals surface area contributed by atoms with Crippen molar-refractivity contribution in [3.8, 4) is 5.75 Å². The van der Waals surface area contributed by atoms with E-state index in [9.17, 15) is 4.79 Å². The van der Waals surface area contributed by atoms with Crippen LogP contribution in [0.4, 0.5) is 5.69 Å². The number of benzene rings is 1. The third kappa shape index (κ3) is 3.89. The van der Waals surface area contributed by atoms with Gasteiger partial charge in [-0.3, -0.25) is 4.79 Å². The molecule has 0 radical (unpaired) electrons. The van der Waals surface area contributed by atoms with E-state index in [-0.39, 0.29) is 11.8 Å². The van der Waals surface area contributed by atoms with E-state index in [0.717, 1.165) is 4.47 Å². The predicted octanol–water partition coefficient (Wildman–Crippen LogP) is 3.66. The zero-order valence-corrected chi connectivity index (χ0v) is 12.4. The van der Waals surface area contributed by atoms with Gasteiger partial charge in [-0.1, -0.05) is 15.9 Å². The molecule has 0 aliphatic rings. The first-order chi connectivity index (χ1) is 7.89. The van der Waals surface area contributed by atoms with E-state index in [1.807, 2.05) is 12.1 Å². The van der Waals surface area contributed by atoms with Gasteiger partial charge in [0.05, 0.1) is 12.5 Å². The maximum absolute atomic E-state index is 11.9. The topological polar surface area (TPSA) is 38.3 Å². The normalized spacial score (nSPS) is 11.1. The highest BCUT2D eigenvalue weighted by Gasteiger charge is 2.26. The molecule has 0 aliphatic carbocycles. The number of alkyl halides is 1. The minimum absolute atomic E-state index is 0.118. The van der Waals surface area contributed by atoms with Gasteiger partial charge in [-0.05, 0) is 26.0 Å². The molecule has 1 aromatic rings. The summed E-state index contributed by atoms with van der Waals surface area (Å²) < 4.78 is 5.97. The maximum atomic E-state index is 11.9. The average Bonchev–Trinajstić information content (AvgIpc) is 2.28. The molecule has 1 rings (SSSR count). The Bertz CT molecular complexity index is 421. The molecule has 0 aromatic heterocycles. The smallest absolute Gasteiger partial charge is 0.231 e. The molecular weight excluding hydrogens is 305 g/mol. The van der Waals surface area contributed by atoms with Gasteiger partial charge in [0, 0.05) is 22.1 Å². The lowest BCUT2D eigenvalue weighted by molar-refractivity contribution is -0.122. The number of carbonyl (C=O) groups is 1. The van der Waals surface area contributed by atoms with E-state index < -0.39 is 5.41 Å². The Morgan fingerprint density at radius 2 is 2.12 bits per heavy atom. The van der Waals surface area contributed by atoms with Gasteiger partial charge < -0.3 is 10.1 Å². The molecule has 1 aromatic carbocycles. The number of hydrogen-bond donors (Lipinski definition) is 1. The molecule has 1 N–H and O–H groups in total. The van der Waals surface area contributed by atoms with E-state index >= 15 is 0 Å². The minimum atomic E-state index is -0.600. The fourth-order valence-corrected chi connectivity index (χ4v) is 1.71. The maximum Gasteiger partial charge on any atom is 0.231 e. The van der Waals surface area contributed by atoms with Gasteiger partial charge in [-0.25, -0.2) is 0 Å². The van der Waals surface area contributed by atoms with Crippen molar-refractivity contribution in [1.82, 2.24) is 0 Å². The zero-order valence-electron chi connectivity index (χ0n) is 10.0. The van der Waals surface area contributed by atoms with E-state index in [1.54, 1.807) is 27.0 Å². The quantitative estimate of drug-likeness (QED) is 0.860. The molecular formula is C12H15BrClNO2. The molecule has 0 spiro atoms. The Morgan fingerprint density at radius 3 is 2.65 bits per heavy atom. The van der Waals surface area contributed by atoms with Gasteiger partial charge in [0.15, 0.2) is 0 Å². The Kier molecular flexibility index (Phi) is 4.83. The van der Waals surface area contributed by atoms with Gasteiger partial charge >= 0.3 is 0 Å². The van der Waals surface area contributed by atoms with Crippen LogP contribution in [0.5, 0.6) is 5.75 Å². The molecule has 0 bridgehead atoms. The lowest BCUT2D eigenvalue weighted by Crippen LogP contribution is -2.32. The molecule has 5 heteroatoms. The van der Waals surface area contributed by atoms with E-state index in [4.69, 9.17) is 16.3 Å². The van der Waals surface area contributed by atoms with E-state index in [0.29, 0.717) is 11.4 Å². The van der Waals surface area contributed by atoms with Crippen LogP contribution >= 0.6 is 27.5 Å². The average molecular weight is 321 g/mol. The predicted molar refractivity (Wildman–Crippen MR) is 73.8 cm³/mol. The Hall–Kier alpha value is -0.740. The largest absolute Gasteiger partial charge is 0.497 e. The molecule has 0 saturated carbocycles. The lowest BCUT2D eigenvalue weighted by atomic mass is 9.95. The number of methoxy groups -OCH3 is 1. The lowest BCUT2D eigenvalue weighted by Gasteiger charge is -2.20. The molecule has 0 aliphatic heterocycles. The molecule has 0 fully saturated rings. The van der Waals surface area contributed by atoms with Crippen LogP contribution in [0.25, 0.3) is 0 Å². The summed E-state index contributed by atoms with van der Waals surface area (Å²) in [7, 11) is 1.58. The molecule has 1 amide bonds. The van der Waals surface area contributed by atoms with Crippen LogP contribution in [0.15, 0.2) is 22.7 Å². The number of anilines is 1. The first kappa shape index (κ1) is 14.3. The fourth-order valence-electron chi connectivity index (χ4n) is 1.11. The third-order valence-corrected chi connectivity index (χ3v) is 3.44. The molecule has 0 atom stereocenters. The second-order valence-electron chi connectivity index (χ2n) is 4.35. The van der Waals surface area contributed by atoms with Crippen LogP contribution in [0, 0.1) is 5.41 Å². The zero-order chi connectivity index (χ0) is 13.1. The third-order valence-electron chi connectivity index (χ3n) is 2.31. The van der Waals surface area contributed by atoms with E-state index in [1.165, 1.54) is 0 Å². The van der Waals surface area contributed by atoms with Gasteiger partial charge in [0.2, 0.25) is 5.91 Å². The van der Waals surface area contributed by atoms with Gasteiger partial charge in [-0.2, -0.15) is 0 Å². The summed E-state index contributed by atoms with van der Waals surface area (Å²) in [6.07, 6.45) is 0. The Morgan fingerprint density at radius 1 is 1.47 bits per heavy atom. The van der Waals surface area contributed by atoms with Crippen LogP contribution in [0.3, 0.4) is 0 Å². The highest BCUT2D eigenvalue weighted by atomic mass is 79.9. The summed E-state index contributed by atoms with van der Waals surface area (Å²) in [5.41, 5.74) is 0.0799. The number of nitrogens with one attached hydrogen (secondary N) is 1. The summed E-state index contributed by atoms with van der Waals surface area (Å²) in [5, 5.41) is 2.82. The summed E-state index contributed by atoms with van der Waals surface area (Å²) in [5.74, 6) is 0.829. The van der Waals surface area contributed by atoms with Gasteiger partial charge in [-0.15, -0.1) is 11.6 Å². The van der Waals surface area contributed by atoms with Gasteiger partial charge in [0.25, 0.3) is 0 Å². The number of hydrogen-bond acceptors (Lipinski definition) is 2. The summed E-state index contributed by atoms with van der Waals surface area (Å²) in [4.78, 5) is 11.9. The van der Waals surface area contributed by atoms with Crippen molar-refractivity contribution in [3.63, 3.8) is 0 Å². The molecule has 0 unspecified atom stereocenters. The van der Waals surface area contributed by atoms with E-state index in [2.05, 4.69) is 21.2 Å². The van der Waals surface area contributed by atoms with Crippen LogP contribution in [-0.4, -0.2) is 18.9 Å². The van der Waals surface area contributed by atoms with Crippen molar-refractivity contribution in [2.45, 2.75) is 13.8 Å². The molecule has 0 heterocycles. The van der Waals surface area contributed by atoms with Crippen LogP contribution < -0.4 is 10.1 Å². The van der Waals surface area contributed by atoms with Crippen molar-refractivity contribution in [2.24, 2.45) is 5.41 Å². The minimum Gasteiger partial charge on any atom is -0.497 e. The van der Waals surface area contributed by atoms with Crippen LogP contribution in [0.2, 0.25) is 0 Å². The van der Waals surface area contributed by atoms with Crippen molar-refractivity contribution in [1.29, 1.82) is 0 Å². The van der Waals surface area contributed by atoms with Crippen LogP contribution in [-0.2, 0) is 4.79 Å². The molecule has 3 nitrogen and oxygen atoms in total. The van der Waals surface area contributed by atoms with Crippen LogP contribution in [0.1, 0.15) is 13.8 Å². The van der Waals surface area contributed by atoms with Crippen molar-refractivity contribution in [2.75, 3.05) is 18.3 Å². The standard InChI is InChI=1S/C12H15BrClNO2/c1-12(2,7-14)11(16)15-9-4-8(13)5-10(6-9)17-3/h4-6H,7H2,1-3H3,(H,15,16). The van der Waals surface area contributed by atoms with Crippen molar-refractivity contribution in [3.05, 3.63) is 22.7 Å². The number of halogens is 2. The first-order valence-electron chi connectivity index (χ1n) is 5.11. The molecule has 94 valence electrons. The Balaban J connectivity index is 2.88. The number of ether oxygens (including phenoxy) is 1. The summed E-state index contributed by atoms with van der Waals surface area (Å²) in [6, 6.07) is 5.39. The monoisotopic (exact) mass is 319 g/mol. The highest BCUT2D eigenvalue weighted by Crippen LogP contribution is 2.26. The second-order valence-corrected chi connectivity index (χ2v) is 5.53. The number of amides is 1.